The molecule has 0 aliphatic heterocycles. The van der Waals surface area contributed by atoms with Gasteiger partial charge in [-0.1, -0.05) is 0 Å². The molecule has 0 saturated heterocycles. The van der Waals surface area contributed by atoms with Crippen molar-refractivity contribution in [2.24, 2.45) is 0 Å². The molecule has 3 heteroatoms. The summed E-state index contributed by atoms with van der Waals surface area (Å²) in [5.41, 5.74) is 0.661. The van der Waals surface area contributed by atoms with Gasteiger partial charge in [-0.3, -0.25) is 4.79 Å². The van der Waals surface area contributed by atoms with Crippen LogP contribution in [0.1, 0.15) is 20.8 Å². The largest absolute Gasteiger partial charge is 0.497 e. The number of nitrogens with zero attached hydrogens (tertiary/aromatic N) is 1. The third kappa shape index (κ3) is 2.72. The molecule has 0 spiro atoms. The molecule has 0 unspecified atom stereocenters. The van der Waals surface area contributed by atoms with Crippen LogP contribution in [-0.4, -0.2) is 19.1 Å². The molecular weight excluding hydrogens is 190 g/mol. The SMILES string of the molecule is COc1ccc(N(C=O)C(C)(C)C)cc1. The molecule has 0 aliphatic rings. The standard InChI is InChI=1S/C12H17NO2/c1-12(2,3)13(9-14)10-5-7-11(15-4)8-6-10/h5-9H,1-4H3. The van der Waals surface area contributed by atoms with Crippen molar-refractivity contribution in [3.05, 3.63) is 24.3 Å². The Bertz CT molecular complexity index is 324. The lowest BCUT2D eigenvalue weighted by atomic mass is 10.1. The van der Waals surface area contributed by atoms with Crippen molar-refractivity contribution in [1.29, 1.82) is 0 Å². The number of methoxy groups -OCH3 is 1. The van der Waals surface area contributed by atoms with E-state index in [-0.39, 0.29) is 5.54 Å². The van der Waals surface area contributed by atoms with Crippen molar-refractivity contribution in [3.63, 3.8) is 0 Å². The van der Waals surface area contributed by atoms with Crippen molar-refractivity contribution < 1.29 is 9.53 Å². The Morgan fingerprint density at radius 1 is 1.20 bits per heavy atom. The fraction of sp³-hybridized carbons (Fsp3) is 0.417. The monoisotopic (exact) mass is 207 g/mol. The van der Waals surface area contributed by atoms with E-state index in [2.05, 4.69) is 0 Å². The molecule has 3 nitrogen and oxygen atoms in total. The lowest BCUT2D eigenvalue weighted by molar-refractivity contribution is -0.108. The van der Waals surface area contributed by atoms with Crippen molar-refractivity contribution in [2.75, 3.05) is 12.0 Å². The van der Waals surface area contributed by atoms with Gasteiger partial charge in [0.1, 0.15) is 5.75 Å². The topological polar surface area (TPSA) is 29.5 Å². The zero-order valence-corrected chi connectivity index (χ0v) is 9.65. The van der Waals surface area contributed by atoms with Crippen LogP contribution >= 0.6 is 0 Å². The second-order valence-corrected chi connectivity index (χ2v) is 4.34. The minimum absolute atomic E-state index is 0.212. The molecule has 1 rings (SSSR count). The van der Waals surface area contributed by atoms with Gasteiger partial charge in [-0.15, -0.1) is 0 Å². The van der Waals surface area contributed by atoms with Crippen molar-refractivity contribution >= 4 is 12.1 Å². The van der Waals surface area contributed by atoms with Crippen LogP contribution in [0.3, 0.4) is 0 Å². The molecule has 0 aromatic heterocycles. The van der Waals surface area contributed by atoms with E-state index in [0.29, 0.717) is 0 Å². The number of amides is 1. The molecule has 1 aromatic rings. The first-order valence-corrected chi connectivity index (χ1v) is 4.87. The molecule has 82 valence electrons. The fourth-order valence-electron chi connectivity index (χ4n) is 1.35. The summed E-state index contributed by atoms with van der Waals surface area (Å²) in [6.45, 7) is 5.98. The molecule has 0 bridgehead atoms. The van der Waals surface area contributed by atoms with Gasteiger partial charge in [-0.05, 0) is 45.0 Å². The predicted molar refractivity (Wildman–Crippen MR) is 61.3 cm³/mol. The maximum absolute atomic E-state index is 11.0. The van der Waals surface area contributed by atoms with Crippen molar-refractivity contribution in [2.45, 2.75) is 26.3 Å². The van der Waals surface area contributed by atoms with Gasteiger partial charge in [-0.2, -0.15) is 0 Å². The van der Waals surface area contributed by atoms with E-state index in [1.807, 2.05) is 45.0 Å². The summed E-state index contributed by atoms with van der Waals surface area (Å²) in [7, 11) is 1.62. The lowest BCUT2D eigenvalue weighted by Crippen LogP contribution is -2.40. The van der Waals surface area contributed by atoms with Crippen LogP contribution in [-0.2, 0) is 4.79 Å². The smallest absolute Gasteiger partial charge is 0.214 e. The molecule has 0 N–H and O–H groups in total. The van der Waals surface area contributed by atoms with Crippen LogP contribution in [0, 0.1) is 0 Å². The highest BCUT2D eigenvalue weighted by Gasteiger charge is 2.20. The van der Waals surface area contributed by atoms with Gasteiger partial charge in [0.15, 0.2) is 0 Å². The number of hydrogen-bond acceptors (Lipinski definition) is 2. The Hall–Kier alpha value is -1.51. The van der Waals surface area contributed by atoms with Crippen LogP contribution in [0.15, 0.2) is 24.3 Å². The summed E-state index contributed by atoms with van der Waals surface area (Å²) < 4.78 is 5.06. The van der Waals surface area contributed by atoms with Crippen LogP contribution in [0.5, 0.6) is 5.75 Å². The molecule has 0 atom stereocenters. The zero-order valence-electron chi connectivity index (χ0n) is 9.65. The molecule has 0 heterocycles. The molecule has 1 amide bonds. The van der Waals surface area contributed by atoms with Gasteiger partial charge >= 0.3 is 0 Å². The van der Waals surface area contributed by atoms with Gasteiger partial charge < -0.3 is 9.64 Å². The number of carbonyl (C=O) groups excluding carboxylic acids is 1. The average molecular weight is 207 g/mol. The zero-order chi connectivity index (χ0) is 11.5. The first-order chi connectivity index (χ1) is 6.99. The Morgan fingerprint density at radius 2 is 1.73 bits per heavy atom. The normalized spacial score (nSPS) is 10.9. The van der Waals surface area contributed by atoms with E-state index >= 15 is 0 Å². The van der Waals surface area contributed by atoms with Gasteiger partial charge in [0.2, 0.25) is 6.41 Å². The number of benzene rings is 1. The lowest BCUT2D eigenvalue weighted by Gasteiger charge is -2.32. The van der Waals surface area contributed by atoms with Crippen LogP contribution in [0.2, 0.25) is 0 Å². The minimum atomic E-state index is -0.212. The second kappa shape index (κ2) is 4.34. The second-order valence-electron chi connectivity index (χ2n) is 4.34. The van der Waals surface area contributed by atoms with E-state index in [0.717, 1.165) is 17.8 Å². The van der Waals surface area contributed by atoms with Gasteiger partial charge in [0.05, 0.1) is 7.11 Å². The number of anilines is 1. The number of ether oxygens (including phenoxy) is 1. The first kappa shape index (κ1) is 11.6. The van der Waals surface area contributed by atoms with Crippen molar-refractivity contribution in [1.82, 2.24) is 0 Å². The van der Waals surface area contributed by atoms with E-state index in [1.54, 1.807) is 12.0 Å². The van der Waals surface area contributed by atoms with Crippen LogP contribution in [0.4, 0.5) is 5.69 Å². The number of hydrogen-bond donors (Lipinski definition) is 0. The average Bonchev–Trinajstić information content (AvgIpc) is 2.18. The Balaban J connectivity index is 2.98. The highest BCUT2D eigenvalue weighted by atomic mass is 16.5. The maximum atomic E-state index is 11.0. The first-order valence-electron chi connectivity index (χ1n) is 4.87. The predicted octanol–water partition coefficient (Wildman–Crippen LogP) is 2.46. The van der Waals surface area contributed by atoms with E-state index in [9.17, 15) is 4.79 Å². The molecule has 0 radical (unpaired) electrons. The summed E-state index contributed by atoms with van der Waals surface area (Å²) in [4.78, 5) is 12.7. The highest BCUT2D eigenvalue weighted by Crippen LogP contribution is 2.24. The summed E-state index contributed by atoms with van der Waals surface area (Å²) in [6, 6.07) is 7.44. The Kier molecular flexibility index (Phi) is 3.35. The van der Waals surface area contributed by atoms with Crippen LogP contribution < -0.4 is 9.64 Å². The molecule has 0 aliphatic carbocycles. The van der Waals surface area contributed by atoms with Crippen LogP contribution in [0.25, 0.3) is 0 Å². The Labute approximate surface area is 90.7 Å². The van der Waals surface area contributed by atoms with E-state index in [1.165, 1.54) is 0 Å². The molecule has 15 heavy (non-hydrogen) atoms. The Morgan fingerprint density at radius 3 is 2.07 bits per heavy atom. The third-order valence-electron chi connectivity index (χ3n) is 2.18. The van der Waals surface area contributed by atoms with E-state index in [4.69, 9.17) is 4.74 Å². The number of rotatable bonds is 3. The third-order valence-corrected chi connectivity index (χ3v) is 2.18. The molecule has 1 aromatic carbocycles. The van der Waals surface area contributed by atoms with E-state index < -0.39 is 0 Å². The quantitative estimate of drug-likeness (QED) is 0.712. The molecule has 0 fully saturated rings. The van der Waals surface area contributed by atoms with Gasteiger partial charge in [0.25, 0.3) is 0 Å². The molecule has 0 saturated carbocycles. The van der Waals surface area contributed by atoms with Gasteiger partial charge in [-0.25, -0.2) is 0 Å². The summed E-state index contributed by atoms with van der Waals surface area (Å²) in [5.74, 6) is 0.790. The van der Waals surface area contributed by atoms with Gasteiger partial charge in [0, 0.05) is 11.2 Å². The summed E-state index contributed by atoms with van der Waals surface area (Å²) >= 11 is 0. The summed E-state index contributed by atoms with van der Waals surface area (Å²) in [5, 5.41) is 0. The fourth-order valence-corrected chi connectivity index (χ4v) is 1.35. The molecular formula is C12H17NO2. The highest BCUT2D eigenvalue weighted by molar-refractivity contribution is 5.77. The minimum Gasteiger partial charge on any atom is -0.497 e. The maximum Gasteiger partial charge on any atom is 0.214 e. The number of carbonyl (C=O) groups is 1. The summed E-state index contributed by atoms with van der Waals surface area (Å²) in [6.07, 6.45) is 0.849. The van der Waals surface area contributed by atoms with Crippen molar-refractivity contribution in [3.8, 4) is 5.75 Å².